The number of carbonyl (C=O) groups is 1. The Morgan fingerprint density at radius 3 is 2.57 bits per heavy atom. The smallest absolute Gasteiger partial charge is 0.391 e. The third kappa shape index (κ3) is 3.13. The maximum absolute atomic E-state index is 12.6. The van der Waals surface area contributed by atoms with Crippen molar-refractivity contribution in [3.05, 3.63) is 39.4 Å². The van der Waals surface area contributed by atoms with E-state index in [2.05, 4.69) is 0 Å². The molecule has 1 atom stereocenters. The lowest BCUT2D eigenvalue weighted by atomic mass is 10.1. The summed E-state index contributed by atoms with van der Waals surface area (Å²) in [5, 5.41) is 20.3. The molecule has 0 unspecified atom stereocenters. The number of hydrogen-bond acceptors (Lipinski definition) is 4. The van der Waals surface area contributed by atoms with Crippen LogP contribution in [-0.4, -0.2) is 40.0 Å². The van der Waals surface area contributed by atoms with Gasteiger partial charge >= 0.3 is 6.18 Å². The Bertz CT molecular complexity index is 588. The lowest BCUT2D eigenvalue weighted by molar-refractivity contribution is -0.385. The molecule has 1 heterocycles. The summed E-state index contributed by atoms with van der Waals surface area (Å²) >= 11 is 0. The summed E-state index contributed by atoms with van der Waals surface area (Å²) in [5.41, 5.74) is -2.49. The molecule has 2 rings (SSSR count). The highest BCUT2D eigenvalue weighted by Crippen LogP contribution is 2.33. The minimum absolute atomic E-state index is 0.0109. The van der Waals surface area contributed by atoms with Crippen LogP contribution in [-0.2, 0) is 6.18 Å². The first-order chi connectivity index (χ1) is 9.70. The van der Waals surface area contributed by atoms with Crippen LogP contribution in [0.2, 0.25) is 0 Å². The van der Waals surface area contributed by atoms with Crippen molar-refractivity contribution in [3.8, 4) is 0 Å². The Labute approximate surface area is 116 Å². The molecule has 1 amide bonds. The second-order valence-corrected chi connectivity index (χ2v) is 4.68. The molecule has 1 aromatic carbocycles. The quantitative estimate of drug-likeness (QED) is 0.667. The summed E-state index contributed by atoms with van der Waals surface area (Å²) in [6.45, 7) is 0.217. The summed E-state index contributed by atoms with van der Waals surface area (Å²) < 4.78 is 37.7. The molecule has 0 saturated carbocycles. The molecule has 0 aliphatic carbocycles. The van der Waals surface area contributed by atoms with Gasteiger partial charge in [0, 0.05) is 19.2 Å². The summed E-state index contributed by atoms with van der Waals surface area (Å²) in [6, 6.07) is 1.78. The topological polar surface area (TPSA) is 83.7 Å². The van der Waals surface area contributed by atoms with Gasteiger partial charge in [0.05, 0.1) is 16.6 Å². The van der Waals surface area contributed by atoms with Crippen LogP contribution in [0.5, 0.6) is 0 Å². The second-order valence-electron chi connectivity index (χ2n) is 4.68. The van der Waals surface area contributed by atoms with E-state index in [1.165, 1.54) is 4.90 Å². The predicted molar refractivity (Wildman–Crippen MR) is 64.6 cm³/mol. The second kappa shape index (κ2) is 5.32. The standard InChI is InChI=1S/C12H11F3N2O4/c13-12(14,15)7-1-2-9(10(5-7)17(20)21)11(19)16-4-3-8(18)6-16/h1-2,5,8,18H,3-4,6H2/t8-/m0/s1. The van der Waals surface area contributed by atoms with Gasteiger partial charge in [0.15, 0.2) is 0 Å². The van der Waals surface area contributed by atoms with Gasteiger partial charge in [-0.25, -0.2) is 0 Å². The van der Waals surface area contributed by atoms with E-state index >= 15 is 0 Å². The highest BCUT2D eigenvalue weighted by Gasteiger charge is 2.35. The van der Waals surface area contributed by atoms with E-state index in [9.17, 15) is 33.2 Å². The van der Waals surface area contributed by atoms with Crippen LogP contribution >= 0.6 is 0 Å². The number of nitrogens with zero attached hydrogens (tertiary/aromatic N) is 2. The van der Waals surface area contributed by atoms with E-state index in [1.807, 2.05) is 0 Å². The third-order valence-electron chi connectivity index (χ3n) is 3.20. The Kier molecular flexibility index (Phi) is 3.86. The van der Waals surface area contributed by atoms with Crippen LogP contribution in [0.4, 0.5) is 18.9 Å². The van der Waals surface area contributed by atoms with Gasteiger partial charge in [-0.15, -0.1) is 0 Å². The van der Waals surface area contributed by atoms with Crippen molar-refractivity contribution in [1.82, 2.24) is 4.90 Å². The number of likely N-dealkylation sites (tertiary alicyclic amines) is 1. The number of nitro benzene ring substituents is 1. The van der Waals surface area contributed by atoms with Crippen LogP contribution in [0, 0.1) is 10.1 Å². The molecule has 0 radical (unpaired) electrons. The molecule has 1 aliphatic heterocycles. The van der Waals surface area contributed by atoms with Crippen LogP contribution < -0.4 is 0 Å². The van der Waals surface area contributed by atoms with Crippen molar-refractivity contribution in [2.24, 2.45) is 0 Å². The first-order valence-corrected chi connectivity index (χ1v) is 6.03. The van der Waals surface area contributed by atoms with Gasteiger partial charge in [-0.2, -0.15) is 13.2 Å². The lowest BCUT2D eigenvalue weighted by Crippen LogP contribution is -2.30. The highest BCUT2D eigenvalue weighted by molar-refractivity contribution is 5.98. The van der Waals surface area contributed by atoms with E-state index in [-0.39, 0.29) is 13.1 Å². The number of nitro groups is 1. The van der Waals surface area contributed by atoms with E-state index in [1.54, 1.807) is 0 Å². The third-order valence-corrected chi connectivity index (χ3v) is 3.20. The molecule has 21 heavy (non-hydrogen) atoms. The van der Waals surface area contributed by atoms with Crippen LogP contribution in [0.15, 0.2) is 18.2 Å². The monoisotopic (exact) mass is 304 g/mol. The van der Waals surface area contributed by atoms with Crippen LogP contribution in [0.3, 0.4) is 0 Å². The molecule has 114 valence electrons. The lowest BCUT2D eigenvalue weighted by Gasteiger charge is -2.16. The normalized spacial score (nSPS) is 18.9. The number of benzene rings is 1. The van der Waals surface area contributed by atoms with Gasteiger partial charge in [0.1, 0.15) is 5.56 Å². The molecule has 9 heteroatoms. The van der Waals surface area contributed by atoms with Gasteiger partial charge in [0.2, 0.25) is 0 Å². The number of β-amino-alcohol motifs (C(OH)–C–C–N with tert-alkyl or cyclic N) is 1. The van der Waals surface area contributed by atoms with Crippen molar-refractivity contribution < 1.29 is 28.0 Å². The Hall–Kier alpha value is -2.16. The first-order valence-electron chi connectivity index (χ1n) is 6.03. The van der Waals surface area contributed by atoms with Crippen molar-refractivity contribution in [1.29, 1.82) is 0 Å². The number of alkyl halides is 3. The maximum Gasteiger partial charge on any atom is 0.416 e. The fraction of sp³-hybridized carbons (Fsp3) is 0.417. The summed E-state index contributed by atoms with van der Waals surface area (Å²) in [7, 11) is 0. The largest absolute Gasteiger partial charge is 0.416 e. The van der Waals surface area contributed by atoms with Crippen LogP contribution in [0.1, 0.15) is 22.3 Å². The fourth-order valence-electron chi connectivity index (χ4n) is 2.14. The maximum atomic E-state index is 12.6. The zero-order chi connectivity index (χ0) is 15.8. The number of carbonyl (C=O) groups excluding carboxylic acids is 1. The van der Waals surface area contributed by atoms with Gasteiger partial charge < -0.3 is 10.0 Å². The molecule has 1 aliphatic rings. The molecule has 1 saturated heterocycles. The Morgan fingerprint density at radius 2 is 2.10 bits per heavy atom. The Balaban J connectivity index is 2.39. The molecule has 1 N–H and O–H groups in total. The number of rotatable bonds is 2. The number of aliphatic hydroxyl groups is 1. The van der Waals surface area contributed by atoms with Gasteiger partial charge in [-0.3, -0.25) is 14.9 Å². The number of halogens is 3. The predicted octanol–water partition coefficient (Wildman–Crippen LogP) is 1.82. The SMILES string of the molecule is O=C(c1ccc(C(F)(F)F)cc1[N+](=O)[O-])N1CC[C@H](O)C1. The average molecular weight is 304 g/mol. The van der Waals surface area contributed by atoms with Gasteiger partial charge in [0.25, 0.3) is 11.6 Å². The molecule has 0 spiro atoms. The summed E-state index contributed by atoms with van der Waals surface area (Å²) in [5.74, 6) is -0.757. The number of aliphatic hydroxyl groups excluding tert-OH is 1. The van der Waals surface area contributed by atoms with Crippen molar-refractivity contribution in [3.63, 3.8) is 0 Å². The van der Waals surface area contributed by atoms with Crippen LogP contribution in [0.25, 0.3) is 0 Å². The fourth-order valence-corrected chi connectivity index (χ4v) is 2.14. The molecular formula is C12H11F3N2O4. The Morgan fingerprint density at radius 1 is 1.43 bits per heavy atom. The number of hydrogen-bond donors (Lipinski definition) is 1. The first kappa shape index (κ1) is 15.2. The molecule has 6 nitrogen and oxygen atoms in total. The average Bonchev–Trinajstić information content (AvgIpc) is 2.82. The van der Waals surface area contributed by atoms with E-state index in [0.29, 0.717) is 18.6 Å². The van der Waals surface area contributed by atoms with Gasteiger partial charge in [-0.1, -0.05) is 0 Å². The number of amides is 1. The van der Waals surface area contributed by atoms with E-state index in [0.717, 1.165) is 6.07 Å². The molecule has 0 aromatic heterocycles. The minimum atomic E-state index is -4.73. The molecular weight excluding hydrogens is 293 g/mol. The van der Waals surface area contributed by atoms with E-state index < -0.39 is 39.9 Å². The van der Waals surface area contributed by atoms with Crippen molar-refractivity contribution in [2.75, 3.05) is 13.1 Å². The molecule has 0 bridgehead atoms. The zero-order valence-corrected chi connectivity index (χ0v) is 10.6. The molecule has 1 fully saturated rings. The summed E-state index contributed by atoms with van der Waals surface area (Å²) in [6.07, 6.45) is -5.11. The minimum Gasteiger partial charge on any atom is -0.391 e. The molecule has 1 aromatic rings. The van der Waals surface area contributed by atoms with E-state index in [4.69, 9.17) is 0 Å². The zero-order valence-electron chi connectivity index (χ0n) is 10.6. The van der Waals surface area contributed by atoms with Crippen molar-refractivity contribution >= 4 is 11.6 Å². The van der Waals surface area contributed by atoms with Gasteiger partial charge in [-0.05, 0) is 18.6 Å². The van der Waals surface area contributed by atoms with Crippen molar-refractivity contribution in [2.45, 2.75) is 18.7 Å². The summed E-state index contributed by atoms with van der Waals surface area (Å²) in [4.78, 5) is 23.2. The highest BCUT2D eigenvalue weighted by atomic mass is 19.4.